The number of halogens is 1. The van der Waals surface area contributed by atoms with Gasteiger partial charge in [0.05, 0.1) is 17.2 Å². The van der Waals surface area contributed by atoms with Gasteiger partial charge in [-0.2, -0.15) is 0 Å². The summed E-state index contributed by atoms with van der Waals surface area (Å²) in [4.78, 5) is 21.5. The van der Waals surface area contributed by atoms with Crippen molar-refractivity contribution in [2.24, 2.45) is 0 Å². The Balaban J connectivity index is 2.79. The topological polar surface area (TPSA) is 84.3 Å². The second-order valence-electron chi connectivity index (χ2n) is 3.25. The van der Waals surface area contributed by atoms with Crippen LogP contribution in [0.5, 0.6) is 0 Å². The molecular formula is C10H12BrN3O3. The highest BCUT2D eigenvalue weighted by atomic mass is 79.9. The summed E-state index contributed by atoms with van der Waals surface area (Å²) in [6.45, 7) is 2.74. The lowest BCUT2D eigenvalue weighted by atomic mass is 10.3. The standard InChI is InChI=1S/C10H12BrN3O3/c1-2-12-6-10(15)13-9-5-7(14(16)17)3-4-8(9)11/h3-5,12H,2,6H2,1H3,(H,13,15). The van der Waals surface area contributed by atoms with Gasteiger partial charge in [0.1, 0.15) is 0 Å². The predicted octanol–water partition coefficient (Wildman–Crippen LogP) is 1.91. The number of nitro groups is 1. The quantitative estimate of drug-likeness (QED) is 0.643. The number of nitro benzene ring substituents is 1. The van der Waals surface area contributed by atoms with E-state index in [-0.39, 0.29) is 18.1 Å². The van der Waals surface area contributed by atoms with Crippen molar-refractivity contribution in [2.45, 2.75) is 6.92 Å². The van der Waals surface area contributed by atoms with Crippen LogP contribution in [0.25, 0.3) is 0 Å². The number of rotatable bonds is 5. The third-order valence-corrected chi connectivity index (χ3v) is 2.66. The van der Waals surface area contributed by atoms with Crippen LogP contribution in [-0.2, 0) is 4.79 Å². The molecule has 0 radical (unpaired) electrons. The highest BCUT2D eigenvalue weighted by Crippen LogP contribution is 2.26. The van der Waals surface area contributed by atoms with Crippen molar-refractivity contribution in [3.63, 3.8) is 0 Å². The highest BCUT2D eigenvalue weighted by molar-refractivity contribution is 9.10. The Morgan fingerprint density at radius 1 is 1.53 bits per heavy atom. The summed E-state index contributed by atoms with van der Waals surface area (Å²) in [6.07, 6.45) is 0. The van der Waals surface area contributed by atoms with Crippen molar-refractivity contribution >= 4 is 33.2 Å². The van der Waals surface area contributed by atoms with Gasteiger partial charge in [-0.25, -0.2) is 0 Å². The second-order valence-corrected chi connectivity index (χ2v) is 4.10. The van der Waals surface area contributed by atoms with Crippen LogP contribution < -0.4 is 10.6 Å². The SMILES string of the molecule is CCNCC(=O)Nc1cc([N+](=O)[O-])ccc1Br. The van der Waals surface area contributed by atoms with Crippen LogP contribution in [0.3, 0.4) is 0 Å². The average Bonchev–Trinajstić information content (AvgIpc) is 2.29. The maximum absolute atomic E-state index is 11.4. The molecule has 0 atom stereocenters. The zero-order chi connectivity index (χ0) is 12.8. The maximum Gasteiger partial charge on any atom is 0.271 e. The smallest absolute Gasteiger partial charge is 0.271 e. The van der Waals surface area contributed by atoms with Crippen LogP contribution in [0.2, 0.25) is 0 Å². The van der Waals surface area contributed by atoms with Gasteiger partial charge in [0, 0.05) is 16.6 Å². The molecule has 1 aromatic rings. The number of non-ortho nitro benzene ring substituents is 1. The van der Waals surface area contributed by atoms with E-state index in [4.69, 9.17) is 0 Å². The largest absolute Gasteiger partial charge is 0.324 e. The third-order valence-electron chi connectivity index (χ3n) is 1.97. The molecule has 0 aliphatic heterocycles. The van der Waals surface area contributed by atoms with Crippen molar-refractivity contribution in [1.82, 2.24) is 5.32 Å². The lowest BCUT2D eigenvalue weighted by Crippen LogP contribution is -2.27. The van der Waals surface area contributed by atoms with E-state index in [1.807, 2.05) is 6.92 Å². The first-order chi connectivity index (χ1) is 8.04. The van der Waals surface area contributed by atoms with Crippen LogP contribution >= 0.6 is 15.9 Å². The molecule has 0 saturated heterocycles. The first kappa shape index (κ1) is 13.6. The lowest BCUT2D eigenvalue weighted by Gasteiger charge is -2.07. The van der Waals surface area contributed by atoms with Crippen molar-refractivity contribution in [2.75, 3.05) is 18.4 Å². The molecular weight excluding hydrogens is 290 g/mol. The number of carbonyl (C=O) groups excluding carboxylic acids is 1. The zero-order valence-electron chi connectivity index (χ0n) is 9.20. The molecule has 0 saturated carbocycles. The fourth-order valence-corrected chi connectivity index (χ4v) is 1.50. The monoisotopic (exact) mass is 301 g/mol. The van der Waals surface area contributed by atoms with Gasteiger partial charge in [0.2, 0.25) is 5.91 Å². The molecule has 0 aromatic heterocycles. The molecule has 7 heteroatoms. The Morgan fingerprint density at radius 2 is 2.24 bits per heavy atom. The zero-order valence-corrected chi connectivity index (χ0v) is 10.8. The molecule has 0 aliphatic carbocycles. The van der Waals surface area contributed by atoms with Gasteiger partial charge in [-0.05, 0) is 28.5 Å². The van der Waals surface area contributed by atoms with Gasteiger partial charge in [0.25, 0.3) is 5.69 Å². The van der Waals surface area contributed by atoms with E-state index in [0.29, 0.717) is 16.7 Å². The van der Waals surface area contributed by atoms with Gasteiger partial charge in [-0.3, -0.25) is 14.9 Å². The van der Waals surface area contributed by atoms with Crippen LogP contribution in [-0.4, -0.2) is 23.9 Å². The summed E-state index contributed by atoms with van der Waals surface area (Å²) in [6, 6.07) is 4.21. The average molecular weight is 302 g/mol. The van der Waals surface area contributed by atoms with E-state index >= 15 is 0 Å². The molecule has 0 unspecified atom stereocenters. The molecule has 2 N–H and O–H groups in total. The van der Waals surface area contributed by atoms with Crippen LogP contribution in [0.15, 0.2) is 22.7 Å². The van der Waals surface area contributed by atoms with Crippen LogP contribution in [0, 0.1) is 10.1 Å². The minimum Gasteiger partial charge on any atom is -0.324 e. The minimum absolute atomic E-state index is 0.0630. The summed E-state index contributed by atoms with van der Waals surface area (Å²) in [5.41, 5.74) is 0.328. The lowest BCUT2D eigenvalue weighted by molar-refractivity contribution is -0.384. The molecule has 1 amide bonds. The number of hydrogen-bond donors (Lipinski definition) is 2. The van der Waals surface area contributed by atoms with Crippen LogP contribution in [0.4, 0.5) is 11.4 Å². The van der Waals surface area contributed by atoms with Crippen molar-refractivity contribution in [3.05, 3.63) is 32.8 Å². The molecule has 0 fully saturated rings. The van der Waals surface area contributed by atoms with Crippen molar-refractivity contribution in [1.29, 1.82) is 0 Å². The molecule has 17 heavy (non-hydrogen) atoms. The number of nitrogens with one attached hydrogen (secondary N) is 2. The summed E-state index contributed by atoms with van der Waals surface area (Å²) >= 11 is 3.22. The fourth-order valence-electron chi connectivity index (χ4n) is 1.16. The molecule has 0 spiro atoms. The van der Waals surface area contributed by atoms with Crippen molar-refractivity contribution in [3.8, 4) is 0 Å². The van der Waals surface area contributed by atoms with Crippen molar-refractivity contribution < 1.29 is 9.72 Å². The molecule has 0 bridgehead atoms. The Hall–Kier alpha value is -1.47. The molecule has 92 valence electrons. The Labute approximate surface area is 107 Å². The molecule has 0 aliphatic rings. The number of amides is 1. The van der Waals surface area contributed by atoms with Gasteiger partial charge in [-0.15, -0.1) is 0 Å². The van der Waals surface area contributed by atoms with E-state index in [2.05, 4.69) is 26.6 Å². The minimum atomic E-state index is -0.508. The number of anilines is 1. The fraction of sp³-hybridized carbons (Fsp3) is 0.300. The van der Waals surface area contributed by atoms with E-state index in [1.54, 1.807) is 0 Å². The Bertz CT molecular complexity index is 437. The summed E-state index contributed by atoms with van der Waals surface area (Å²) in [7, 11) is 0. The predicted molar refractivity (Wildman–Crippen MR) is 68.0 cm³/mol. The van der Waals surface area contributed by atoms with Gasteiger partial charge in [-0.1, -0.05) is 6.92 Å². The number of benzene rings is 1. The van der Waals surface area contributed by atoms with Crippen LogP contribution in [0.1, 0.15) is 6.92 Å². The van der Waals surface area contributed by atoms with Gasteiger partial charge in [0.15, 0.2) is 0 Å². The Morgan fingerprint density at radius 3 is 2.82 bits per heavy atom. The van der Waals surface area contributed by atoms with E-state index < -0.39 is 4.92 Å². The number of carbonyl (C=O) groups is 1. The number of hydrogen-bond acceptors (Lipinski definition) is 4. The van der Waals surface area contributed by atoms with Gasteiger partial charge >= 0.3 is 0 Å². The summed E-state index contributed by atoms with van der Waals surface area (Å²) in [5, 5.41) is 16.0. The van der Waals surface area contributed by atoms with E-state index in [9.17, 15) is 14.9 Å². The molecule has 0 heterocycles. The third kappa shape index (κ3) is 4.12. The van der Waals surface area contributed by atoms with Gasteiger partial charge < -0.3 is 10.6 Å². The highest BCUT2D eigenvalue weighted by Gasteiger charge is 2.11. The van der Waals surface area contributed by atoms with E-state index in [0.717, 1.165) is 0 Å². The normalized spacial score (nSPS) is 10.0. The summed E-state index contributed by atoms with van der Waals surface area (Å²) < 4.78 is 0.605. The first-order valence-electron chi connectivity index (χ1n) is 4.99. The number of likely N-dealkylation sites (N-methyl/N-ethyl adjacent to an activating group) is 1. The molecule has 6 nitrogen and oxygen atoms in total. The van der Waals surface area contributed by atoms with E-state index in [1.165, 1.54) is 18.2 Å². The number of nitrogens with zero attached hydrogens (tertiary/aromatic N) is 1. The maximum atomic E-state index is 11.4. The molecule has 1 aromatic carbocycles. The first-order valence-corrected chi connectivity index (χ1v) is 5.78. The molecule has 1 rings (SSSR count). The Kier molecular flexibility index (Phi) is 5.05. The summed E-state index contributed by atoms with van der Waals surface area (Å²) in [5.74, 6) is -0.243. The second kappa shape index (κ2) is 6.31.